The fraction of sp³-hybridized carbons (Fsp3) is 0.333. The Morgan fingerprint density at radius 3 is 3.10 bits per heavy atom. The van der Waals surface area contributed by atoms with Crippen LogP contribution < -0.4 is 10.5 Å². The van der Waals surface area contributed by atoms with Crippen molar-refractivity contribution in [2.45, 2.75) is 25.7 Å². The molecule has 1 aromatic heterocycles. The van der Waals surface area contributed by atoms with Gasteiger partial charge in [0.1, 0.15) is 12.5 Å². The maximum absolute atomic E-state index is 9.07. The summed E-state index contributed by atoms with van der Waals surface area (Å²) in [7, 11) is 0. The van der Waals surface area contributed by atoms with Gasteiger partial charge in [-0.1, -0.05) is 29.9 Å². The van der Waals surface area contributed by atoms with Gasteiger partial charge in [-0.2, -0.15) is 10.2 Å². The van der Waals surface area contributed by atoms with Gasteiger partial charge in [-0.15, -0.1) is 0 Å². The van der Waals surface area contributed by atoms with E-state index in [0.717, 1.165) is 18.4 Å². The molecular formula is C15H16N4OS. The van der Waals surface area contributed by atoms with Crippen LogP contribution >= 0.6 is 12.2 Å². The smallest absolute Gasteiger partial charge is 0.316 e. The van der Waals surface area contributed by atoms with E-state index in [4.69, 9.17) is 28.0 Å². The number of thiocarbonyl (C=S) groups is 1. The molecular weight excluding hydrogens is 284 g/mol. The zero-order valence-corrected chi connectivity index (χ0v) is 12.6. The van der Waals surface area contributed by atoms with Crippen molar-refractivity contribution in [1.82, 2.24) is 9.97 Å². The maximum Gasteiger partial charge on any atom is 0.316 e. The zero-order chi connectivity index (χ0) is 15.2. The molecule has 0 radical (unpaired) electrons. The van der Waals surface area contributed by atoms with Crippen molar-refractivity contribution in [3.05, 3.63) is 41.3 Å². The molecule has 1 aliphatic rings. The molecule has 0 bridgehead atoms. The van der Waals surface area contributed by atoms with Crippen LogP contribution in [0.3, 0.4) is 0 Å². The Morgan fingerprint density at radius 2 is 2.43 bits per heavy atom. The number of rotatable bonds is 5. The highest BCUT2D eigenvalue weighted by Crippen LogP contribution is 2.18. The molecule has 21 heavy (non-hydrogen) atoms. The van der Waals surface area contributed by atoms with Gasteiger partial charge in [-0.3, -0.25) is 0 Å². The van der Waals surface area contributed by atoms with E-state index in [1.807, 2.05) is 6.07 Å². The van der Waals surface area contributed by atoms with Gasteiger partial charge < -0.3 is 10.5 Å². The van der Waals surface area contributed by atoms with Crippen LogP contribution in [0, 0.1) is 11.3 Å². The van der Waals surface area contributed by atoms with Gasteiger partial charge in [0.15, 0.2) is 0 Å². The lowest BCUT2D eigenvalue weighted by molar-refractivity contribution is 0.324. The second-order valence-corrected chi connectivity index (χ2v) is 5.30. The number of nitriles is 1. The molecule has 1 atom stereocenters. The quantitative estimate of drug-likeness (QED) is 0.841. The van der Waals surface area contributed by atoms with Crippen LogP contribution in [0.2, 0.25) is 0 Å². The van der Waals surface area contributed by atoms with E-state index in [2.05, 4.69) is 29.0 Å². The Hall–Kier alpha value is -2.26. The molecule has 2 N–H and O–H groups in total. The van der Waals surface area contributed by atoms with Crippen LogP contribution in [-0.2, 0) is 0 Å². The SMILES string of the molecule is CC1=CC(COc2nccc(C(C#N)C(N)=S)n2)=CCC1. The molecule has 0 spiro atoms. The maximum atomic E-state index is 9.07. The van der Waals surface area contributed by atoms with E-state index in [0.29, 0.717) is 12.3 Å². The molecule has 0 aromatic carbocycles. The highest BCUT2D eigenvalue weighted by atomic mass is 32.1. The fourth-order valence-corrected chi connectivity index (χ4v) is 2.21. The number of ether oxygens (including phenoxy) is 1. The predicted octanol–water partition coefficient (Wildman–Crippen LogP) is 2.42. The molecule has 1 heterocycles. The first kappa shape index (κ1) is 15.1. The average Bonchev–Trinajstić information content (AvgIpc) is 2.46. The van der Waals surface area contributed by atoms with Gasteiger partial charge in [0, 0.05) is 6.20 Å². The van der Waals surface area contributed by atoms with E-state index in [1.54, 1.807) is 6.07 Å². The van der Waals surface area contributed by atoms with Crippen molar-refractivity contribution in [3.63, 3.8) is 0 Å². The van der Waals surface area contributed by atoms with Gasteiger partial charge in [-0.25, -0.2) is 4.98 Å². The minimum Gasteiger partial charge on any atom is -0.459 e. The molecule has 0 aliphatic heterocycles. The minimum absolute atomic E-state index is 0.0932. The molecule has 0 amide bonds. The van der Waals surface area contributed by atoms with Crippen LogP contribution in [-0.4, -0.2) is 21.6 Å². The van der Waals surface area contributed by atoms with E-state index < -0.39 is 5.92 Å². The highest BCUT2D eigenvalue weighted by Gasteiger charge is 2.16. The topological polar surface area (TPSA) is 84.8 Å². The van der Waals surface area contributed by atoms with Crippen molar-refractivity contribution in [2.24, 2.45) is 5.73 Å². The Kier molecular flexibility index (Phi) is 5.01. The van der Waals surface area contributed by atoms with E-state index >= 15 is 0 Å². The first-order chi connectivity index (χ1) is 10.1. The number of nitrogens with two attached hydrogens (primary N) is 1. The van der Waals surface area contributed by atoms with Gasteiger partial charge in [0.2, 0.25) is 0 Å². The van der Waals surface area contributed by atoms with E-state index in [-0.39, 0.29) is 11.0 Å². The summed E-state index contributed by atoms with van der Waals surface area (Å²) in [4.78, 5) is 8.33. The van der Waals surface area contributed by atoms with Crippen LogP contribution in [0.25, 0.3) is 0 Å². The molecule has 0 saturated heterocycles. The molecule has 1 aromatic rings. The standard InChI is InChI=1S/C15H16N4OS/c1-10-3-2-4-11(7-10)9-20-15-18-6-5-13(19-15)12(8-16)14(17)21/h4-7,12H,2-3,9H2,1H3,(H2,17,21). The Labute approximate surface area is 129 Å². The van der Waals surface area contributed by atoms with Crippen molar-refractivity contribution < 1.29 is 4.74 Å². The molecule has 0 saturated carbocycles. The number of nitrogens with zero attached hydrogens (tertiary/aromatic N) is 3. The second-order valence-electron chi connectivity index (χ2n) is 4.83. The van der Waals surface area contributed by atoms with Gasteiger partial charge in [0.05, 0.1) is 16.8 Å². The number of hydrogen-bond donors (Lipinski definition) is 1. The third-order valence-corrected chi connectivity index (χ3v) is 3.35. The minimum atomic E-state index is -0.721. The second kappa shape index (κ2) is 6.95. The lowest BCUT2D eigenvalue weighted by Crippen LogP contribution is -2.19. The Morgan fingerprint density at radius 1 is 1.62 bits per heavy atom. The molecule has 5 nitrogen and oxygen atoms in total. The van der Waals surface area contributed by atoms with Crippen LogP contribution in [0.5, 0.6) is 6.01 Å². The molecule has 1 aliphatic carbocycles. The first-order valence-electron chi connectivity index (χ1n) is 6.61. The summed E-state index contributed by atoms with van der Waals surface area (Å²) >= 11 is 4.86. The molecule has 2 rings (SSSR count). The van der Waals surface area contributed by atoms with Crippen LogP contribution in [0.1, 0.15) is 31.4 Å². The average molecular weight is 300 g/mol. The summed E-state index contributed by atoms with van der Waals surface area (Å²) < 4.78 is 5.58. The summed E-state index contributed by atoms with van der Waals surface area (Å²) in [6, 6.07) is 3.86. The zero-order valence-electron chi connectivity index (χ0n) is 11.7. The normalized spacial score (nSPS) is 15.4. The molecule has 1 unspecified atom stereocenters. The van der Waals surface area contributed by atoms with Crippen molar-refractivity contribution in [2.75, 3.05) is 6.61 Å². The fourth-order valence-electron chi connectivity index (χ4n) is 2.04. The number of aromatic nitrogens is 2. The van der Waals surface area contributed by atoms with Crippen molar-refractivity contribution in [1.29, 1.82) is 5.26 Å². The van der Waals surface area contributed by atoms with E-state index in [1.165, 1.54) is 11.8 Å². The third kappa shape index (κ3) is 4.10. The predicted molar refractivity (Wildman–Crippen MR) is 83.7 cm³/mol. The lowest BCUT2D eigenvalue weighted by atomic mass is 10.0. The summed E-state index contributed by atoms with van der Waals surface area (Å²) in [5.41, 5.74) is 8.43. The molecule has 6 heteroatoms. The number of allylic oxidation sites excluding steroid dienone is 2. The van der Waals surface area contributed by atoms with Gasteiger partial charge in [-0.05, 0) is 31.4 Å². The van der Waals surface area contributed by atoms with E-state index in [9.17, 15) is 0 Å². The van der Waals surface area contributed by atoms with Crippen LogP contribution in [0.4, 0.5) is 0 Å². The first-order valence-corrected chi connectivity index (χ1v) is 7.02. The van der Waals surface area contributed by atoms with Gasteiger partial charge >= 0.3 is 6.01 Å². The monoisotopic (exact) mass is 300 g/mol. The highest BCUT2D eigenvalue weighted by molar-refractivity contribution is 7.80. The van der Waals surface area contributed by atoms with Crippen molar-refractivity contribution in [3.8, 4) is 12.1 Å². The summed E-state index contributed by atoms with van der Waals surface area (Å²) in [6.45, 7) is 2.51. The lowest BCUT2D eigenvalue weighted by Gasteiger charge is -2.12. The largest absolute Gasteiger partial charge is 0.459 e. The number of hydrogen-bond acceptors (Lipinski definition) is 5. The van der Waals surface area contributed by atoms with Gasteiger partial charge in [0.25, 0.3) is 0 Å². The summed E-state index contributed by atoms with van der Waals surface area (Å²) in [6.07, 6.45) is 7.91. The summed E-state index contributed by atoms with van der Waals surface area (Å²) in [5, 5.41) is 9.07. The third-order valence-electron chi connectivity index (χ3n) is 3.11. The van der Waals surface area contributed by atoms with Crippen molar-refractivity contribution >= 4 is 17.2 Å². The summed E-state index contributed by atoms with van der Waals surface area (Å²) in [5.74, 6) is -0.721. The molecule has 108 valence electrons. The Balaban J connectivity index is 2.07. The van der Waals surface area contributed by atoms with Crippen LogP contribution in [0.15, 0.2) is 35.6 Å². The molecule has 0 fully saturated rings. The Bertz CT molecular complexity index is 645.